The monoisotopic (exact) mass is 702 g/mol. The quantitative estimate of drug-likeness (QED) is 0.136. The van der Waals surface area contributed by atoms with E-state index in [1.165, 1.54) is 31.2 Å². The summed E-state index contributed by atoms with van der Waals surface area (Å²) < 4.78 is 101. The number of hydrogen-bond acceptors (Lipinski definition) is 3. The zero-order chi connectivity index (χ0) is 37.2. The number of benzene rings is 5. The van der Waals surface area contributed by atoms with E-state index in [0.29, 0.717) is 62.2 Å². The molecule has 7 rings (SSSR count). The average Bonchev–Trinajstić information content (AvgIpc) is 3.69. The smallest absolute Gasteiger partial charge is 0.399 e. The van der Waals surface area contributed by atoms with Crippen molar-refractivity contribution in [2.45, 2.75) is 26.1 Å². The molecule has 52 heavy (non-hydrogen) atoms. The highest BCUT2D eigenvalue weighted by Crippen LogP contribution is 2.46. The lowest BCUT2D eigenvalue weighted by molar-refractivity contribution is -0.276. The predicted molar refractivity (Wildman–Crippen MR) is 176 cm³/mol. The van der Waals surface area contributed by atoms with E-state index in [4.69, 9.17) is 13.1 Å². The molecule has 0 fully saturated rings. The van der Waals surface area contributed by atoms with Crippen molar-refractivity contribution in [3.8, 4) is 62.4 Å². The number of hydrogen-bond donors (Lipinski definition) is 0. The fraction of sp³-hybridized carbons (Fsp3) is 0.100. The van der Waals surface area contributed by atoms with Crippen molar-refractivity contribution < 1.29 is 35.5 Å². The molecule has 2 aliphatic carbocycles. The van der Waals surface area contributed by atoms with Gasteiger partial charge >= 0.3 is 6.36 Å². The van der Waals surface area contributed by atoms with Crippen molar-refractivity contribution in [3.63, 3.8) is 0 Å². The molecule has 5 nitrogen and oxygen atoms in total. The van der Waals surface area contributed by atoms with E-state index < -0.39 is 35.4 Å². The molecule has 252 valence electrons. The lowest BCUT2D eigenvalue weighted by Gasteiger charge is -2.14. The Morgan fingerprint density at radius 3 is 1.40 bits per heavy atom. The summed E-state index contributed by atoms with van der Waals surface area (Å²) in [7, 11) is 0. The lowest BCUT2D eigenvalue weighted by Crippen LogP contribution is -2.25. The average molecular weight is 703 g/mol. The fourth-order valence-electron chi connectivity index (χ4n) is 7.24. The SMILES string of the molecule is [C-]#[N+]/C(C#N)=c1/c2c(/c(=C(\C#N)[N+]#[C-])c3c1-c1cccc(-c4cc(F)c(C)c(F)c4)c1C3)-c1cccc(-c3cc(F)c(OC(F)(F)F)c(F)c3)c1C2. The summed E-state index contributed by atoms with van der Waals surface area (Å²) in [6.45, 7) is 17.2. The Kier molecular flexibility index (Phi) is 7.86. The van der Waals surface area contributed by atoms with Crippen LogP contribution in [-0.4, -0.2) is 6.36 Å². The zero-order valence-electron chi connectivity index (χ0n) is 26.5. The Balaban J connectivity index is 1.56. The molecule has 0 heterocycles. The Bertz CT molecular complexity index is 2680. The van der Waals surface area contributed by atoms with E-state index in [-0.39, 0.29) is 56.9 Å². The molecule has 0 N–H and O–H groups in total. The van der Waals surface area contributed by atoms with Crippen LogP contribution in [0.15, 0.2) is 60.7 Å². The van der Waals surface area contributed by atoms with Crippen LogP contribution in [0.4, 0.5) is 30.7 Å². The van der Waals surface area contributed by atoms with E-state index in [1.54, 1.807) is 24.3 Å². The van der Waals surface area contributed by atoms with E-state index in [9.17, 15) is 41.3 Å². The molecule has 5 aromatic carbocycles. The number of nitrogens with zero attached hydrogens (tertiary/aromatic N) is 4. The minimum Gasteiger partial charge on any atom is -0.399 e. The molecule has 0 aliphatic heterocycles. The molecule has 0 unspecified atom stereocenters. The van der Waals surface area contributed by atoms with Crippen LogP contribution in [0.5, 0.6) is 5.75 Å². The van der Waals surface area contributed by atoms with Crippen LogP contribution in [0.3, 0.4) is 0 Å². The number of alkyl halides is 3. The van der Waals surface area contributed by atoms with Gasteiger partial charge in [-0.1, -0.05) is 36.4 Å². The second-order valence-corrected chi connectivity index (χ2v) is 12.0. The molecule has 12 heteroatoms. The molecule has 0 saturated carbocycles. The molecule has 0 spiro atoms. The van der Waals surface area contributed by atoms with Crippen molar-refractivity contribution in [3.05, 3.63) is 145 Å². The van der Waals surface area contributed by atoms with Gasteiger partial charge in [-0.2, -0.15) is 0 Å². The highest BCUT2D eigenvalue weighted by Gasteiger charge is 2.36. The van der Waals surface area contributed by atoms with E-state index in [0.717, 1.165) is 0 Å². The summed E-state index contributed by atoms with van der Waals surface area (Å²) in [5.74, 6) is -6.37. The van der Waals surface area contributed by atoms with Gasteiger partial charge in [0.15, 0.2) is 11.6 Å². The van der Waals surface area contributed by atoms with Gasteiger partial charge < -0.3 is 4.74 Å². The molecule has 0 radical (unpaired) electrons. The van der Waals surface area contributed by atoms with Gasteiger partial charge in [-0.05, 0) is 111 Å². The van der Waals surface area contributed by atoms with Gasteiger partial charge in [0.25, 0.3) is 11.4 Å². The first-order valence-electron chi connectivity index (χ1n) is 15.3. The predicted octanol–water partition coefficient (Wildman–Crippen LogP) is 9.03. The Hall–Kier alpha value is -6.89. The maximum atomic E-state index is 14.9. The fourth-order valence-corrected chi connectivity index (χ4v) is 7.24. The van der Waals surface area contributed by atoms with E-state index >= 15 is 0 Å². The van der Waals surface area contributed by atoms with Crippen molar-refractivity contribution in [1.29, 1.82) is 10.5 Å². The van der Waals surface area contributed by atoms with Crippen LogP contribution >= 0.6 is 0 Å². The lowest BCUT2D eigenvalue weighted by atomic mass is 9.90. The van der Waals surface area contributed by atoms with Gasteiger partial charge in [0, 0.05) is 16.0 Å². The van der Waals surface area contributed by atoms with Crippen LogP contribution in [0, 0.1) is 66.0 Å². The van der Waals surface area contributed by atoms with E-state index in [2.05, 4.69) is 14.4 Å². The normalized spacial score (nSPS) is 13.4. The number of fused-ring (bicyclic) bond motifs is 6. The van der Waals surface area contributed by atoms with Crippen molar-refractivity contribution in [1.82, 2.24) is 0 Å². The van der Waals surface area contributed by atoms with Gasteiger partial charge in [0.05, 0.1) is 25.3 Å². The van der Waals surface area contributed by atoms with Crippen molar-refractivity contribution in [2.24, 2.45) is 0 Å². The molecule has 0 amide bonds. The zero-order valence-corrected chi connectivity index (χ0v) is 26.5. The summed E-state index contributed by atoms with van der Waals surface area (Å²) in [4.78, 5) is 7.02. The molecule has 0 saturated heterocycles. The maximum Gasteiger partial charge on any atom is 0.573 e. The third kappa shape index (κ3) is 5.13. The van der Waals surface area contributed by atoms with Crippen LogP contribution in [0.25, 0.3) is 65.6 Å². The van der Waals surface area contributed by atoms with Crippen molar-refractivity contribution in [2.75, 3.05) is 0 Å². The van der Waals surface area contributed by atoms with Crippen LogP contribution in [-0.2, 0) is 12.8 Å². The number of ether oxygens (including phenoxy) is 1. The van der Waals surface area contributed by atoms with E-state index in [1.807, 2.05) is 12.1 Å². The molecule has 5 aromatic rings. The standard InChI is InChI=1S/C40H17F7N4O/c1-18-29(41)10-19(11-30(18)42)21-6-4-8-23-25(21)14-27-35(23)38(34(17-49)51-3)28-15-26-22(7-5-9-24(26)36(28)37(27)33(16-48)50-2)20-12-31(43)39(32(44)13-20)52-40(45,46)47/h4-13H,14-15H2,1H3/b37-33+,38-34-. The Morgan fingerprint density at radius 2 is 1.04 bits per heavy atom. The van der Waals surface area contributed by atoms with Gasteiger partial charge in [0.1, 0.15) is 11.6 Å². The van der Waals surface area contributed by atoms with Crippen LogP contribution in [0.1, 0.15) is 27.8 Å². The molecular formula is C40H17F7N4O. The highest BCUT2D eigenvalue weighted by molar-refractivity contribution is 5.96. The maximum absolute atomic E-state index is 14.9. The topological polar surface area (TPSA) is 65.5 Å². The summed E-state index contributed by atoms with van der Waals surface area (Å²) >= 11 is 0. The largest absolute Gasteiger partial charge is 0.573 e. The third-order valence-corrected chi connectivity index (χ3v) is 9.33. The van der Waals surface area contributed by atoms with Crippen molar-refractivity contribution >= 4 is 11.4 Å². The molecular weight excluding hydrogens is 685 g/mol. The van der Waals surface area contributed by atoms with Gasteiger partial charge in [0.2, 0.25) is 5.75 Å². The first-order chi connectivity index (χ1) is 24.8. The molecule has 0 aromatic heterocycles. The third-order valence-electron chi connectivity index (χ3n) is 9.33. The summed E-state index contributed by atoms with van der Waals surface area (Å²) in [5, 5.41) is 20.9. The molecule has 0 atom stereocenters. The number of halogens is 7. The van der Waals surface area contributed by atoms with Gasteiger partial charge in [-0.3, -0.25) is 0 Å². The number of nitriles is 2. The first-order valence-corrected chi connectivity index (χ1v) is 15.3. The minimum absolute atomic E-state index is 0.0388. The van der Waals surface area contributed by atoms with Crippen LogP contribution < -0.4 is 15.2 Å². The summed E-state index contributed by atoms with van der Waals surface area (Å²) in [5.41, 5.74) is 3.32. The van der Waals surface area contributed by atoms with Crippen LogP contribution in [0.2, 0.25) is 0 Å². The van der Waals surface area contributed by atoms with Gasteiger partial charge in [-0.25, -0.2) is 37.8 Å². The highest BCUT2D eigenvalue weighted by atomic mass is 19.4. The molecule has 2 aliphatic rings. The summed E-state index contributed by atoms with van der Waals surface area (Å²) in [6, 6.07) is 17.3. The molecule has 0 bridgehead atoms. The second-order valence-electron chi connectivity index (χ2n) is 12.0. The Morgan fingerprint density at radius 1 is 0.654 bits per heavy atom. The first kappa shape index (κ1) is 33.6. The number of rotatable bonds is 3. The van der Waals surface area contributed by atoms with Gasteiger partial charge in [-0.15, -0.1) is 13.2 Å². The second kappa shape index (κ2) is 12.2. The minimum atomic E-state index is -5.35. The Labute approximate surface area is 290 Å². The summed E-state index contributed by atoms with van der Waals surface area (Å²) in [6.07, 6.45) is -5.38.